The molecule has 3 heterocycles. The standard InChI is InChI=1S/C18H20N4O2/c1-11-10-14-4-3-5-15(16(14)24-11)18(23)22-8-6-13(7-9-22)17-19-12(2)20-21-17/h3-5,10,13H,6-9H2,1-2H3,(H,19,20,21). The third kappa shape index (κ3) is 2.58. The van der Waals surface area contributed by atoms with E-state index in [1.54, 1.807) is 0 Å². The van der Waals surface area contributed by atoms with Crippen molar-refractivity contribution in [2.75, 3.05) is 13.1 Å². The van der Waals surface area contributed by atoms with E-state index in [9.17, 15) is 4.79 Å². The summed E-state index contributed by atoms with van der Waals surface area (Å²) in [7, 11) is 0. The molecule has 1 fully saturated rings. The lowest BCUT2D eigenvalue weighted by molar-refractivity contribution is 0.0712. The van der Waals surface area contributed by atoms with E-state index in [-0.39, 0.29) is 5.91 Å². The number of piperidine rings is 1. The van der Waals surface area contributed by atoms with E-state index in [4.69, 9.17) is 4.42 Å². The van der Waals surface area contributed by atoms with Crippen LogP contribution in [0.15, 0.2) is 28.7 Å². The van der Waals surface area contributed by atoms with Crippen LogP contribution in [0.2, 0.25) is 0 Å². The van der Waals surface area contributed by atoms with Crippen LogP contribution in [-0.2, 0) is 0 Å². The first kappa shape index (κ1) is 14.9. The zero-order chi connectivity index (χ0) is 16.7. The molecule has 0 bridgehead atoms. The normalized spacial score (nSPS) is 16.0. The second-order valence-electron chi connectivity index (χ2n) is 6.43. The summed E-state index contributed by atoms with van der Waals surface area (Å²) in [5, 5.41) is 8.13. The number of fused-ring (bicyclic) bond motifs is 1. The summed E-state index contributed by atoms with van der Waals surface area (Å²) < 4.78 is 5.73. The second-order valence-corrected chi connectivity index (χ2v) is 6.43. The number of nitrogens with zero attached hydrogens (tertiary/aromatic N) is 3. The molecule has 0 aliphatic carbocycles. The summed E-state index contributed by atoms with van der Waals surface area (Å²) in [6, 6.07) is 7.69. The zero-order valence-electron chi connectivity index (χ0n) is 13.9. The van der Waals surface area contributed by atoms with Gasteiger partial charge >= 0.3 is 0 Å². The first-order valence-electron chi connectivity index (χ1n) is 8.29. The van der Waals surface area contributed by atoms with E-state index >= 15 is 0 Å². The molecule has 24 heavy (non-hydrogen) atoms. The molecule has 1 amide bonds. The summed E-state index contributed by atoms with van der Waals surface area (Å²) in [5.41, 5.74) is 1.33. The molecule has 4 rings (SSSR count). The van der Waals surface area contributed by atoms with Crippen LogP contribution in [0, 0.1) is 13.8 Å². The van der Waals surface area contributed by atoms with E-state index in [2.05, 4.69) is 15.2 Å². The van der Waals surface area contributed by atoms with Gasteiger partial charge in [-0.1, -0.05) is 12.1 Å². The monoisotopic (exact) mass is 324 g/mol. The quantitative estimate of drug-likeness (QED) is 0.785. The number of likely N-dealkylation sites (tertiary alicyclic amines) is 1. The Bertz CT molecular complexity index is 887. The average molecular weight is 324 g/mol. The molecule has 3 aromatic rings. The Kier molecular flexibility index (Phi) is 3.59. The summed E-state index contributed by atoms with van der Waals surface area (Å²) in [6.07, 6.45) is 1.77. The Labute approximate surface area is 139 Å². The molecule has 1 N–H and O–H groups in total. The first-order valence-corrected chi connectivity index (χ1v) is 8.29. The number of aromatic nitrogens is 3. The van der Waals surface area contributed by atoms with Gasteiger partial charge in [0.05, 0.1) is 5.56 Å². The molecule has 6 heteroatoms. The van der Waals surface area contributed by atoms with Crippen LogP contribution < -0.4 is 0 Å². The summed E-state index contributed by atoms with van der Waals surface area (Å²) in [6.45, 7) is 5.24. The smallest absolute Gasteiger partial charge is 0.257 e. The number of carbonyl (C=O) groups is 1. The predicted octanol–water partition coefficient (Wildman–Crippen LogP) is 3.19. The van der Waals surface area contributed by atoms with Crippen LogP contribution in [0.4, 0.5) is 0 Å². The number of furan rings is 1. The minimum Gasteiger partial charge on any atom is -0.461 e. The maximum atomic E-state index is 12.9. The number of para-hydroxylation sites is 1. The van der Waals surface area contributed by atoms with Crippen molar-refractivity contribution in [1.82, 2.24) is 20.1 Å². The molecule has 1 saturated heterocycles. The number of aromatic amines is 1. The maximum Gasteiger partial charge on any atom is 0.257 e. The van der Waals surface area contributed by atoms with Crippen molar-refractivity contribution in [3.63, 3.8) is 0 Å². The molecule has 1 aliphatic heterocycles. The third-order valence-corrected chi connectivity index (χ3v) is 4.66. The highest BCUT2D eigenvalue weighted by atomic mass is 16.3. The lowest BCUT2D eigenvalue weighted by Gasteiger charge is -2.30. The number of amides is 1. The van der Waals surface area contributed by atoms with Gasteiger partial charge in [-0.15, -0.1) is 0 Å². The number of hydrogen-bond donors (Lipinski definition) is 1. The van der Waals surface area contributed by atoms with Gasteiger partial charge in [-0.05, 0) is 38.8 Å². The Morgan fingerprint density at radius 3 is 2.79 bits per heavy atom. The van der Waals surface area contributed by atoms with Crippen LogP contribution in [0.3, 0.4) is 0 Å². The van der Waals surface area contributed by atoms with E-state index in [1.807, 2.05) is 43.0 Å². The van der Waals surface area contributed by atoms with Gasteiger partial charge in [0.2, 0.25) is 0 Å². The highest BCUT2D eigenvalue weighted by Crippen LogP contribution is 2.28. The van der Waals surface area contributed by atoms with Crippen molar-refractivity contribution in [3.05, 3.63) is 47.2 Å². The molecule has 0 spiro atoms. The number of rotatable bonds is 2. The highest BCUT2D eigenvalue weighted by Gasteiger charge is 2.28. The molecule has 6 nitrogen and oxygen atoms in total. The van der Waals surface area contributed by atoms with Gasteiger partial charge in [0.25, 0.3) is 5.91 Å². The van der Waals surface area contributed by atoms with Crippen LogP contribution in [0.1, 0.15) is 46.5 Å². The SMILES string of the molecule is Cc1nc(C2CCN(C(=O)c3cccc4cc(C)oc34)CC2)n[nH]1. The number of aryl methyl sites for hydroxylation is 2. The fourth-order valence-corrected chi connectivity index (χ4v) is 3.41. The molecule has 1 aromatic carbocycles. The maximum absolute atomic E-state index is 12.9. The van der Waals surface area contributed by atoms with Crippen molar-refractivity contribution in [2.45, 2.75) is 32.6 Å². The van der Waals surface area contributed by atoms with Crippen LogP contribution in [-0.4, -0.2) is 39.1 Å². The third-order valence-electron chi connectivity index (χ3n) is 4.66. The van der Waals surface area contributed by atoms with Crippen LogP contribution in [0.25, 0.3) is 11.0 Å². The van der Waals surface area contributed by atoms with Gasteiger partial charge in [0.15, 0.2) is 5.82 Å². The molecule has 0 atom stereocenters. The lowest BCUT2D eigenvalue weighted by Crippen LogP contribution is -2.38. The minimum atomic E-state index is 0.0413. The van der Waals surface area contributed by atoms with Crippen molar-refractivity contribution in [3.8, 4) is 0 Å². The molecule has 2 aromatic heterocycles. The van der Waals surface area contributed by atoms with Gasteiger partial charge in [0, 0.05) is 24.4 Å². The number of nitrogens with one attached hydrogen (secondary N) is 1. The van der Waals surface area contributed by atoms with E-state index < -0.39 is 0 Å². The number of carbonyl (C=O) groups excluding carboxylic acids is 1. The minimum absolute atomic E-state index is 0.0413. The predicted molar refractivity (Wildman–Crippen MR) is 89.9 cm³/mol. The Hall–Kier alpha value is -2.63. The van der Waals surface area contributed by atoms with Crippen LogP contribution >= 0.6 is 0 Å². The van der Waals surface area contributed by atoms with Gasteiger partial charge in [-0.2, -0.15) is 5.10 Å². The second kappa shape index (κ2) is 5.78. The molecular weight excluding hydrogens is 304 g/mol. The van der Waals surface area contributed by atoms with Gasteiger partial charge in [-0.25, -0.2) is 4.98 Å². The lowest BCUT2D eigenvalue weighted by atomic mass is 9.95. The van der Waals surface area contributed by atoms with E-state index in [0.717, 1.165) is 35.6 Å². The molecular formula is C18H20N4O2. The topological polar surface area (TPSA) is 75.0 Å². The molecule has 0 unspecified atom stereocenters. The van der Waals surface area contributed by atoms with E-state index in [1.165, 1.54) is 0 Å². The highest BCUT2D eigenvalue weighted by molar-refractivity contribution is 6.05. The van der Waals surface area contributed by atoms with Gasteiger partial charge in [-0.3, -0.25) is 9.89 Å². The molecule has 124 valence electrons. The van der Waals surface area contributed by atoms with Crippen molar-refractivity contribution in [1.29, 1.82) is 0 Å². The van der Waals surface area contributed by atoms with Crippen molar-refractivity contribution in [2.24, 2.45) is 0 Å². The summed E-state index contributed by atoms with van der Waals surface area (Å²) >= 11 is 0. The number of hydrogen-bond acceptors (Lipinski definition) is 4. The number of benzene rings is 1. The van der Waals surface area contributed by atoms with Gasteiger partial charge < -0.3 is 9.32 Å². The van der Waals surface area contributed by atoms with Gasteiger partial charge in [0.1, 0.15) is 17.2 Å². The first-order chi connectivity index (χ1) is 11.6. The fraction of sp³-hybridized carbons (Fsp3) is 0.389. The molecule has 0 saturated carbocycles. The Morgan fingerprint density at radius 1 is 1.29 bits per heavy atom. The van der Waals surface area contributed by atoms with Crippen molar-refractivity contribution >= 4 is 16.9 Å². The average Bonchev–Trinajstić information content (AvgIpc) is 3.18. The van der Waals surface area contributed by atoms with Crippen molar-refractivity contribution < 1.29 is 9.21 Å². The summed E-state index contributed by atoms with van der Waals surface area (Å²) in [5.74, 6) is 2.89. The zero-order valence-corrected chi connectivity index (χ0v) is 13.9. The Morgan fingerprint density at radius 2 is 2.08 bits per heavy atom. The number of H-pyrrole nitrogens is 1. The van der Waals surface area contributed by atoms with Crippen LogP contribution in [0.5, 0.6) is 0 Å². The molecule has 0 radical (unpaired) electrons. The Balaban J connectivity index is 1.51. The summed E-state index contributed by atoms with van der Waals surface area (Å²) in [4.78, 5) is 19.2. The fourth-order valence-electron chi connectivity index (χ4n) is 3.41. The van der Waals surface area contributed by atoms with E-state index in [0.29, 0.717) is 30.2 Å². The largest absolute Gasteiger partial charge is 0.461 e. The molecule has 1 aliphatic rings.